The Morgan fingerprint density at radius 1 is 0.882 bits per heavy atom. The fourth-order valence-corrected chi connectivity index (χ4v) is 6.39. The minimum atomic E-state index is -0.343. The average molecular weight is 690 g/mol. The molecular formula is C39H43N7O5. The Hall–Kier alpha value is -5.40. The first-order valence-corrected chi connectivity index (χ1v) is 17.2. The third kappa shape index (κ3) is 8.16. The second-order valence-electron chi connectivity index (χ2n) is 12.6. The first-order valence-electron chi connectivity index (χ1n) is 17.2. The van der Waals surface area contributed by atoms with Gasteiger partial charge >= 0.3 is 0 Å². The van der Waals surface area contributed by atoms with E-state index < -0.39 is 0 Å². The predicted molar refractivity (Wildman–Crippen MR) is 195 cm³/mol. The van der Waals surface area contributed by atoms with Crippen LogP contribution in [0.25, 0.3) is 44.6 Å². The summed E-state index contributed by atoms with van der Waals surface area (Å²) in [6.45, 7) is 5.22. The molecule has 0 saturated carbocycles. The lowest BCUT2D eigenvalue weighted by Crippen LogP contribution is -2.37. The van der Waals surface area contributed by atoms with Gasteiger partial charge in [0.05, 0.1) is 40.6 Å². The molecule has 6 aromatic rings. The summed E-state index contributed by atoms with van der Waals surface area (Å²) in [5, 5.41) is 22.2. The van der Waals surface area contributed by atoms with E-state index in [1.807, 2.05) is 42.5 Å². The van der Waals surface area contributed by atoms with E-state index in [2.05, 4.69) is 75.8 Å². The van der Waals surface area contributed by atoms with Crippen molar-refractivity contribution in [1.29, 1.82) is 0 Å². The van der Waals surface area contributed by atoms with Gasteiger partial charge in [0.1, 0.15) is 11.6 Å². The van der Waals surface area contributed by atoms with Crippen molar-refractivity contribution in [2.75, 3.05) is 19.7 Å². The zero-order valence-corrected chi connectivity index (χ0v) is 29.1. The van der Waals surface area contributed by atoms with Gasteiger partial charge in [0.2, 0.25) is 5.91 Å². The fraction of sp³-hybridized carbons (Fsp3) is 0.282. The molecule has 0 spiro atoms. The molecule has 0 saturated heterocycles. The van der Waals surface area contributed by atoms with Crippen LogP contribution in [0.3, 0.4) is 0 Å². The Morgan fingerprint density at radius 3 is 2.41 bits per heavy atom. The van der Waals surface area contributed by atoms with Gasteiger partial charge in [-0.25, -0.2) is 9.97 Å². The lowest BCUT2D eigenvalue weighted by Gasteiger charge is -2.13. The van der Waals surface area contributed by atoms with E-state index in [0.29, 0.717) is 31.5 Å². The molecule has 2 amide bonds. The maximum Gasteiger partial charge on any atom is 0.252 e. The van der Waals surface area contributed by atoms with Crippen LogP contribution < -0.4 is 10.6 Å². The standard InChI is InChI=1S/C39H43N7O5/c1-4-11-35-43-37-26(2)22-29(38-42-32-14-7-8-15-33(32)44(38)3)23-34(37)45(35)25-27-16-18-28(19-17-27)30-12-5-6-13-31(30)39(48)41-24-36(47)40-20-9-10-21-51-46(49)50/h5-8,12-19,22-23,49-50H,4,9-11,20-21,24-25H2,1-3H3,(H,40,47)(H,41,48). The van der Waals surface area contributed by atoms with Gasteiger partial charge in [-0.2, -0.15) is 0 Å². The lowest BCUT2D eigenvalue weighted by atomic mass is 9.98. The first-order chi connectivity index (χ1) is 24.7. The number of amides is 2. The van der Waals surface area contributed by atoms with Crippen molar-refractivity contribution >= 4 is 33.9 Å². The van der Waals surface area contributed by atoms with Crippen LogP contribution in [0.15, 0.2) is 84.9 Å². The normalized spacial score (nSPS) is 11.5. The summed E-state index contributed by atoms with van der Waals surface area (Å²) in [4.78, 5) is 40.0. The molecule has 0 aliphatic rings. The number of benzene rings is 4. The monoisotopic (exact) mass is 689 g/mol. The van der Waals surface area contributed by atoms with Crippen molar-refractivity contribution in [3.8, 4) is 22.5 Å². The van der Waals surface area contributed by atoms with Crippen LogP contribution in [-0.2, 0) is 29.6 Å². The molecule has 0 unspecified atom stereocenters. The average Bonchev–Trinajstić information content (AvgIpc) is 3.66. The molecule has 2 aromatic heterocycles. The van der Waals surface area contributed by atoms with Gasteiger partial charge in [-0.3, -0.25) is 24.8 Å². The van der Waals surface area contributed by atoms with Gasteiger partial charge in [-0.1, -0.05) is 61.5 Å². The van der Waals surface area contributed by atoms with Crippen LogP contribution in [-0.4, -0.2) is 66.4 Å². The molecule has 0 radical (unpaired) electrons. The highest BCUT2D eigenvalue weighted by molar-refractivity contribution is 6.02. The van der Waals surface area contributed by atoms with Gasteiger partial charge in [-0.05, 0) is 78.8 Å². The molecule has 6 rings (SSSR count). The number of fused-ring (bicyclic) bond motifs is 2. The number of carbonyl (C=O) groups excluding carboxylic acids is 2. The van der Waals surface area contributed by atoms with Crippen molar-refractivity contribution in [2.24, 2.45) is 7.05 Å². The number of aromatic nitrogens is 4. The SMILES string of the molecule is CCCc1nc2c(C)cc(-c3nc4ccccc4n3C)cc2n1Cc1ccc(-c2ccccc2C(=O)NCC(=O)NCCCCON(O)O)cc1. The van der Waals surface area contributed by atoms with Gasteiger partial charge in [0.25, 0.3) is 5.91 Å². The van der Waals surface area contributed by atoms with E-state index in [4.69, 9.17) is 20.4 Å². The molecule has 2 heterocycles. The third-order valence-corrected chi connectivity index (χ3v) is 8.93. The van der Waals surface area contributed by atoms with E-state index in [-0.39, 0.29) is 30.4 Å². The quantitative estimate of drug-likeness (QED) is 0.0736. The molecular weight excluding hydrogens is 646 g/mol. The van der Waals surface area contributed by atoms with Gasteiger partial charge in [-0.15, -0.1) is 0 Å². The first kappa shape index (κ1) is 35.4. The van der Waals surface area contributed by atoms with E-state index in [1.165, 1.54) is 0 Å². The van der Waals surface area contributed by atoms with Crippen molar-refractivity contribution in [2.45, 2.75) is 46.1 Å². The van der Waals surface area contributed by atoms with E-state index >= 15 is 0 Å². The summed E-state index contributed by atoms with van der Waals surface area (Å²) < 4.78 is 4.45. The summed E-state index contributed by atoms with van der Waals surface area (Å²) >= 11 is 0. The van der Waals surface area contributed by atoms with Crippen LogP contribution in [0.1, 0.15) is 53.5 Å². The maximum absolute atomic E-state index is 13.2. The van der Waals surface area contributed by atoms with E-state index in [0.717, 1.165) is 74.4 Å². The largest absolute Gasteiger partial charge is 0.355 e. The van der Waals surface area contributed by atoms with Crippen LogP contribution in [0, 0.1) is 6.92 Å². The number of nitrogens with zero attached hydrogens (tertiary/aromatic N) is 5. The predicted octanol–water partition coefficient (Wildman–Crippen LogP) is 6.20. The topological polar surface area (TPSA) is 147 Å². The van der Waals surface area contributed by atoms with Crippen molar-refractivity contribution in [1.82, 2.24) is 35.1 Å². The van der Waals surface area contributed by atoms with Crippen LogP contribution in [0.4, 0.5) is 0 Å². The van der Waals surface area contributed by atoms with Crippen LogP contribution in [0.2, 0.25) is 0 Å². The molecule has 0 fully saturated rings. The Kier molecular flexibility index (Phi) is 11.2. The van der Waals surface area contributed by atoms with E-state index in [9.17, 15) is 9.59 Å². The number of imidazole rings is 2. The highest BCUT2D eigenvalue weighted by Gasteiger charge is 2.18. The number of hydrogen-bond acceptors (Lipinski definition) is 8. The molecule has 0 bridgehead atoms. The number of aryl methyl sites for hydroxylation is 3. The molecule has 4 N–H and O–H groups in total. The summed E-state index contributed by atoms with van der Waals surface area (Å²) in [6, 6.07) is 28.1. The number of nitrogens with one attached hydrogen (secondary N) is 2. The number of carbonyl (C=O) groups is 2. The second kappa shape index (κ2) is 16.1. The minimum Gasteiger partial charge on any atom is -0.355 e. The van der Waals surface area contributed by atoms with Gasteiger partial charge in [0.15, 0.2) is 0 Å². The lowest BCUT2D eigenvalue weighted by molar-refractivity contribution is -0.492. The number of hydrogen-bond donors (Lipinski definition) is 4. The smallest absolute Gasteiger partial charge is 0.252 e. The highest BCUT2D eigenvalue weighted by atomic mass is 17.1. The van der Waals surface area contributed by atoms with Crippen molar-refractivity contribution in [3.05, 3.63) is 107 Å². The van der Waals surface area contributed by atoms with Crippen molar-refractivity contribution < 1.29 is 24.8 Å². The Balaban J connectivity index is 1.18. The van der Waals surface area contributed by atoms with Gasteiger partial charge in [0, 0.05) is 37.7 Å². The van der Waals surface area contributed by atoms with Crippen LogP contribution >= 0.6 is 0 Å². The number of rotatable bonds is 15. The number of para-hydroxylation sites is 2. The zero-order chi connectivity index (χ0) is 35.9. The second-order valence-corrected chi connectivity index (χ2v) is 12.6. The molecule has 4 aromatic carbocycles. The van der Waals surface area contributed by atoms with E-state index in [1.54, 1.807) is 12.1 Å². The summed E-state index contributed by atoms with van der Waals surface area (Å²) in [6.07, 6.45) is 2.92. The molecule has 0 aliphatic heterocycles. The molecule has 0 aliphatic carbocycles. The minimum absolute atomic E-state index is 0.1000. The Labute approximate surface area is 296 Å². The van der Waals surface area contributed by atoms with Crippen molar-refractivity contribution in [3.63, 3.8) is 0 Å². The summed E-state index contributed by atoms with van der Waals surface area (Å²) in [5.74, 6) is 1.30. The fourth-order valence-electron chi connectivity index (χ4n) is 6.39. The molecule has 0 atom stereocenters. The summed E-state index contributed by atoms with van der Waals surface area (Å²) in [5.41, 5.74) is 9.53. The molecule has 12 nitrogen and oxygen atoms in total. The molecule has 51 heavy (non-hydrogen) atoms. The Bertz CT molecular complexity index is 2150. The highest BCUT2D eigenvalue weighted by Crippen LogP contribution is 2.31. The zero-order valence-electron chi connectivity index (χ0n) is 29.1. The Morgan fingerprint density at radius 2 is 1.65 bits per heavy atom. The molecule has 264 valence electrons. The van der Waals surface area contributed by atoms with Gasteiger partial charge < -0.3 is 19.8 Å². The maximum atomic E-state index is 13.2. The summed E-state index contributed by atoms with van der Waals surface area (Å²) in [7, 11) is 2.05. The third-order valence-electron chi connectivity index (χ3n) is 8.93. The number of unbranched alkanes of at least 4 members (excludes halogenated alkanes) is 1. The molecule has 12 heteroatoms. The van der Waals surface area contributed by atoms with Crippen LogP contribution in [0.5, 0.6) is 0 Å².